The first kappa shape index (κ1) is 10.4. The van der Waals surface area contributed by atoms with Crippen LogP contribution in [0.1, 0.15) is 19.3 Å². The minimum Gasteiger partial charge on any atom is -0.380 e. The van der Waals surface area contributed by atoms with Gasteiger partial charge in [-0.05, 0) is 24.4 Å². The van der Waals surface area contributed by atoms with E-state index in [2.05, 4.69) is 17.8 Å². The first-order valence-electron chi connectivity index (χ1n) is 5.48. The van der Waals surface area contributed by atoms with Crippen molar-refractivity contribution in [2.45, 2.75) is 25.0 Å². The highest BCUT2D eigenvalue weighted by atomic mass is 28.3. The van der Waals surface area contributed by atoms with Crippen molar-refractivity contribution in [1.82, 2.24) is 0 Å². The van der Waals surface area contributed by atoms with Crippen LogP contribution in [-0.2, 0) is 4.74 Å². The molecule has 2 nitrogen and oxygen atoms in total. The molecule has 0 bridgehead atoms. The molecular weight excluding hydrogens is 202 g/mol. The molecule has 2 rings (SSSR count). The molecular formula is C12H15NOSi. The molecule has 0 amide bonds. The van der Waals surface area contributed by atoms with E-state index in [-0.39, 0.29) is 5.73 Å². The third-order valence-electron chi connectivity index (χ3n) is 2.88. The predicted octanol–water partition coefficient (Wildman–Crippen LogP) is 1.29. The van der Waals surface area contributed by atoms with Crippen LogP contribution in [0.4, 0.5) is 0 Å². The monoisotopic (exact) mass is 217 g/mol. The van der Waals surface area contributed by atoms with Gasteiger partial charge in [0.2, 0.25) is 8.80 Å². The zero-order chi connectivity index (χ0) is 10.5. The van der Waals surface area contributed by atoms with Gasteiger partial charge in [-0.1, -0.05) is 30.3 Å². The molecule has 2 unspecified atom stereocenters. The highest BCUT2D eigenvalue weighted by Gasteiger charge is 2.27. The number of hydrogen-bond acceptors (Lipinski definition) is 2. The van der Waals surface area contributed by atoms with Crippen molar-refractivity contribution in [2.24, 2.45) is 0 Å². The Bertz CT molecular complexity index is 340. The molecule has 1 heterocycles. The van der Waals surface area contributed by atoms with Crippen LogP contribution in [0.5, 0.6) is 0 Å². The van der Waals surface area contributed by atoms with Gasteiger partial charge >= 0.3 is 0 Å². The van der Waals surface area contributed by atoms with Gasteiger partial charge in [-0.2, -0.15) is 0 Å². The van der Waals surface area contributed by atoms with Crippen molar-refractivity contribution in [2.75, 3.05) is 6.61 Å². The Labute approximate surface area is 92.1 Å². The molecule has 0 aromatic heterocycles. The molecule has 78 valence electrons. The van der Waals surface area contributed by atoms with Gasteiger partial charge in [0.25, 0.3) is 0 Å². The molecule has 0 aliphatic carbocycles. The predicted molar refractivity (Wildman–Crippen MR) is 62.4 cm³/mol. The molecule has 3 heteroatoms. The second kappa shape index (κ2) is 5.10. The van der Waals surface area contributed by atoms with Gasteiger partial charge < -0.3 is 4.74 Å². The standard InChI is InChI=1S/C12H15NOSi/c13-10-15(11-6-2-1-3-7-11)12-8-4-5-9-14-12/h1-3,6-7,12,15H,4-5,8-9H2. The number of hydrogen-bond donors (Lipinski definition) is 0. The maximum Gasteiger partial charge on any atom is 0.218 e. The first-order chi connectivity index (χ1) is 7.42. The molecule has 1 aliphatic heterocycles. The molecule has 2 atom stereocenters. The van der Waals surface area contributed by atoms with Crippen LogP contribution < -0.4 is 5.19 Å². The minimum absolute atomic E-state index is 0.228. The lowest BCUT2D eigenvalue weighted by atomic mass is 10.2. The van der Waals surface area contributed by atoms with Crippen LogP contribution in [-0.4, -0.2) is 21.1 Å². The molecule has 0 saturated carbocycles. The quantitative estimate of drug-likeness (QED) is 0.699. The summed E-state index contributed by atoms with van der Waals surface area (Å²) in [7, 11) is -1.57. The van der Waals surface area contributed by atoms with Gasteiger partial charge in [-0.25, -0.2) is 5.26 Å². The average Bonchev–Trinajstić information content (AvgIpc) is 2.33. The van der Waals surface area contributed by atoms with Crippen LogP contribution in [0.25, 0.3) is 0 Å². The zero-order valence-corrected chi connectivity index (χ0v) is 9.88. The van der Waals surface area contributed by atoms with E-state index in [1.165, 1.54) is 11.6 Å². The molecule has 15 heavy (non-hydrogen) atoms. The zero-order valence-electron chi connectivity index (χ0n) is 8.73. The van der Waals surface area contributed by atoms with Gasteiger partial charge in [-0.15, -0.1) is 0 Å². The third kappa shape index (κ3) is 2.47. The van der Waals surface area contributed by atoms with Crippen LogP contribution >= 0.6 is 0 Å². The van der Waals surface area contributed by atoms with Crippen LogP contribution in [0.2, 0.25) is 0 Å². The molecule has 1 fully saturated rings. The normalized spacial score (nSPS) is 23.0. The van der Waals surface area contributed by atoms with Gasteiger partial charge in [0.1, 0.15) is 0 Å². The van der Waals surface area contributed by atoms with E-state index in [0.29, 0.717) is 0 Å². The van der Waals surface area contributed by atoms with Crippen molar-refractivity contribution >= 4 is 14.0 Å². The topological polar surface area (TPSA) is 33.0 Å². The number of ether oxygens (including phenoxy) is 1. The number of nitrogens with zero attached hydrogens (tertiary/aromatic N) is 1. The first-order valence-corrected chi connectivity index (χ1v) is 7.30. The Morgan fingerprint density at radius 3 is 2.67 bits per heavy atom. The lowest BCUT2D eigenvalue weighted by molar-refractivity contribution is 0.0644. The summed E-state index contributed by atoms with van der Waals surface area (Å²) in [5, 5.41) is 10.5. The summed E-state index contributed by atoms with van der Waals surface area (Å²) in [6, 6.07) is 10.1. The molecule has 1 aliphatic rings. The fourth-order valence-electron chi connectivity index (χ4n) is 2.06. The van der Waals surface area contributed by atoms with E-state index >= 15 is 0 Å². The Balaban J connectivity index is 2.14. The molecule has 1 aromatic carbocycles. The van der Waals surface area contributed by atoms with Crippen LogP contribution in [0.3, 0.4) is 0 Å². The van der Waals surface area contributed by atoms with E-state index in [1.807, 2.05) is 18.2 Å². The highest BCUT2D eigenvalue weighted by Crippen LogP contribution is 2.14. The van der Waals surface area contributed by atoms with Gasteiger partial charge in [0.15, 0.2) is 0 Å². The fourth-order valence-corrected chi connectivity index (χ4v) is 4.34. The Hall–Kier alpha value is -1.11. The van der Waals surface area contributed by atoms with Gasteiger partial charge in [0.05, 0.1) is 5.73 Å². The summed E-state index contributed by atoms with van der Waals surface area (Å²) >= 11 is 0. The fraction of sp³-hybridized carbons (Fsp3) is 0.417. The van der Waals surface area contributed by atoms with Crippen LogP contribution in [0.15, 0.2) is 30.3 Å². The van der Waals surface area contributed by atoms with Crippen molar-refractivity contribution in [1.29, 1.82) is 5.26 Å². The van der Waals surface area contributed by atoms with Crippen molar-refractivity contribution in [3.63, 3.8) is 0 Å². The second-order valence-electron chi connectivity index (χ2n) is 3.92. The van der Waals surface area contributed by atoms with Crippen molar-refractivity contribution in [3.05, 3.63) is 30.3 Å². The molecule has 0 N–H and O–H groups in total. The highest BCUT2D eigenvalue weighted by molar-refractivity contribution is 6.81. The lowest BCUT2D eigenvalue weighted by Gasteiger charge is -2.25. The van der Waals surface area contributed by atoms with Gasteiger partial charge in [0, 0.05) is 12.3 Å². The Kier molecular flexibility index (Phi) is 3.54. The molecule has 0 spiro atoms. The average molecular weight is 217 g/mol. The largest absolute Gasteiger partial charge is 0.380 e. The third-order valence-corrected chi connectivity index (χ3v) is 5.54. The molecule has 0 radical (unpaired) electrons. The number of rotatable bonds is 2. The SMILES string of the molecule is N#C[SiH](c1ccccc1)C1CCCCO1. The number of benzene rings is 1. The second-order valence-corrected chi connectivity index (χ2v) is 6.55. The minimum atomic E-state index is -1.57. The molecule has 1 saturated heterocycles. The number of nitriles is 1. The van der Waals surface area contributed by atoms with E-state index in [9.17, 15) is 5.26 Å². The van der Waals surface area contributed by atoms with E-state index in [0.717, 1.165) is 19.4 Å². The van der Waals surface area contributed by atoms with Crippen molar-refractivity contribution in [3.8, 4) is 5.69 Å². The summed E-state index contributed by atoms with van der Waals surface area (Å²) in [6.07, 6.45) is 3.43. The van der Waals surface area contributed by atoms with E-state index in [1.54, 1.807) is 0 Å². The van der Waals surface area contributed by atoms with E-state index in [4.69, 9.17) is 4.74 Å². The van der Waals surface area contributed by atoms with E-state index < -0.39 is 8.80 Å². The summed E-state index contributed by atoms with van der Waals surface area (Å²) in [4.78, 5) is 0. The Morgan fingerprint density at radius 1 is 1.27 bits per heavy atom. The lowest BCUT2D eigenvalue weighted by Crippen LogP contribution is -2.44. The summed E-state index contributed by atoms with van der Waals surface area (Å²) in [5.41, 5.74) is 2.73. The maximum absolute atomic E-state index is 9.26. The summed E-state index contributed by atoms with van der Waals surface area (Å²) < 4.78 is 5.72. The summed E-state index contributed by atoms with van der Waals surface area (Å²) in [5.74, 6) is 0. The smallest absolute Gasteiger partial charge is 0.218 e. The van der Waals surface area contributed by atoms with Gasteiger partial charge in [-0.3, -0.25) is 0 Å². The summed E-state index contributed by atoms with van der Waals surface area (Å²) in [6.45, 7) is 0.836. The maximum atomic E-state index is 9.26. The molecule has 1 aromatic rings. The Morgan fingerprint density at radius 2 is 2.07 bits per heavy atom. The van der Waals surface area contributed by atoms with Crippen molar-refractivity contribution < 1.29 is 4.74 Å². The van der Waals surface area contributed by atoms with Crippen LogP contribution in [0, 0.1) is 11.0 Å².